The number of carbonyl (C=O) groups is 2. The zero-order valence-electron chi connectivity index (χ0n) is 15.2. The Kier molecular flexibility index (Phi) is 4.86. The fourth-order valence-electron chi connectivity index (χ4n) is 2.76. The summed E-state index contributed by atoms with van der Waals surface area (Å²) in [6, 6.07) is 3.29. The van der Waals surface area contributed by atoms with Crippen LogP contribution in [-0.4, -0.2) is 39.2 Å². The number of aromatic amines is 1. The van der Waals surface area contributed by atoms with Crippen LogP contribution >= 0.6 is 0 Å². The Bertz CT molecular complexity index is 869. The topological polar surface area (TPSA) is 87.3 Å². The molecular formula is C18H20F2N4O3. The standard InChI is InChI=1S/C18H20F2N4O3/c1-18(2,3)27-17(26)24-8-7-13-10(9-24)14(23-22-13)16(25)21-15-11(19)5-4-6-12(15)20/h4-6H,7-9H2,1-3H3,(H,21,25)(H,22,23). The van der Waals surface area contributed by atoms with E-state index in [1.807, 2.05) is 0 Å². The average molecular weight is 378 g/mol. The smallest absolute Gasteiger partial charge is 0.410 e. The molecule has 0 aliphatic carbocycles. The molecule has 0 fully saturated rings. The summed E-state index contributed by atoms with van der Waals surface area (Å²) in [6.45, 7) is 5.82. The molecule has 2 heterocycles. The van der Waals surface area contributed by atoms with E-state index in [2.05, 4.69) is 15.5 Å². The van der Waals surface area contributed by atoms with Gasteiger partial charge in [-0.3, -0.25) is 9.89 Å². The number of halogens is 2. The predicted octanol–water partition coefficient (Wildman–Crippen LogP) is 3.23. The lowest BCUT2D eigenvalue weighted by Crippen LogP contribution is -2.40. The van der Waals surface area contributed by atoms with Crippen LogP contribution in [0.5, 0.6) is 0 Å². The average Bonchev–Trinajstić information content (AvgIpc) is 3.00. The van der Waals surface area contributed by atoms with Gasteiger partial charge in [0.25, 0.3) is 5.91 Å². The second kappa shape index (κ2) is 6.98. The van der Waals surface area contributed by atoms with Crippen molar-refractivity contribution < 1.29 is 23.1 Å². The first-order chi connectivity index (χ1) is 12.7. The Hall–Kier alpha value is -2.97. The maximum absolute atomic E-state index is 13.8. The molecule has 1 aromatic heterocycles. The lowest BCUT2D eigenvalue weighted by atomic mass is 10.1. The summed E-state index contributed by atoms with van der Waals surface area (Å²) in [4.78, 5) is 26.2. The van der Waals surface area contributed by atoms with Crippen LogP contribution in [0.15, 0.2) is 18.2 Å². The van der Waals surface area contributed by atoms with Crippen LogP contribution in [0.4, 0.5) is 19.3 Å². The van der Waals surface area contributed by atoms with Crippen molar-refractivity contribution in [3.05, 3.63) is 46.8 Å². The van der Waals surface area contributed by atoms with Crippen molar-refractivity contribution in [1.29, 1.82) is 0 Å². The van der Waals surface area contributed by atoms with Crippen molar-refractivity contribution in [2.24, 2.45) is 0 Å². The maximum atomic E-state index is 13.8. The molecule has 1 aromatic carbocycles. The minimum atomic E-state index is -0.886. The molecule has 2 amide bonds. The second-order valence-corrected chi connectivity index (χ2v) is 7.23. The van der Waals surface area contributed by atoms with Crippen molar-refractivity contribution in [2.45, 2.75) is 39.3 Å². The highest BCUT2D eigenvalue weighted by Gasteiger charge is 2.30. The van der Waals surface area contributed by atoms with Gasteiger partial charge in [0.2, 0.25) is 0 Å². The molecule has 1 aliphatic heterocycles. The molecule has 2 N–H and O–H groups in total. The third kappa shape index (κ3) is 4.07. The molecule has 3 rings (SSSR count). The lowest BCUT2D eigenvalue weighted by Gasteiger charge is -2.30. The van der Waals surface area contributed by atoms with E-state index < -0.39 is 34.9 Å². The number of ether oxygens (including phenoxy) is 1. The fraction of sp³-hybridized carbons (Fsp3) is 0.389. The molecule has 144 valence electrons. The van der Waals surface area contributed by atoms with E-state index in [0.717, 1.165) is 12.1 Å². The van der Waals surface area contributed by atoms with Crippen molar-refractivity contribution in [2.75, 3.05) is 11.9 Å². The van der Waals surface area contributed by atoms with Crippen molar-refractivity contribution in [3.8, 4) is 0 Å². The van der Waals surface area contributed by atoms with E-state index in [0.29, 0.717) is 24.2 Å². The van der Waals surface area contributed by atoms with E-state index in [1.165, 1.54) is 11.0 Å². The number of hydrogen-bond acceptors (Lipinski definition) is 4. The maximum Gasteiger partial charge on any atom is 0.410 e. The predicted molar refractivity (Wildman–Crippen MR) is 93.2 cm³/mol. The molecule has 0 saturated carbocycles. The molecule has 0 atom stereocenters. The van der Waals surface area contributed by atoms with Gasteiger partial charge in [0.1, 0.15) is 22.9 Å². The van der Waals surface area contributed by atoms with Crippen molar-refractivity contribution in [1.82, 2.24) is 15.1 Å². The van der Waals surface area contributed by atoms with Gasteiger partial charge in [-0.2, -0.15) is 5.10 Å². The zero-order chi connectivity index (χ0) is 19.8. The molecule has 2 aromatic rings. The number of benzene rings is 1. The van der Waals surface area contributed by atoms with Crippen molar-refractivity contribution >= 4 is 17.7 Å². The normalized spacial score (nSPS) is 13.9. The SMILES string of the molecule is CC(C)(C)OC(=O)N1CCc2[nH]nc(C(=O)Nc3c(F)cccc3F)c2C1. The Morgan fingerprint density at radius 2 is 1.93 bits per heavy atom. The summed E-state index contributed by atoms with van der Waals surface area (Å²) in [7, 11) is 0. The molecule has 27 heavy (non-hydrogen) atoms. The number of aromatic nitrogens is 2. The Morgan fingerprint density at radius 3 is 2.56 bits per heavy atom. The number of H-pyrrole nitrogens is 1. The van der Waals surface area contributed by atoms with Crippen LogP contribution in [0.25, 0.3) is 0 Å². The number of anilines is 1. The summed E-state index contributed by atoms with van der Waals surface area (Å²) in [5.41, 5.74) is 0.00588. The Morgan fingerprint density at radius 1 is 1.26 bits per heavy atom. The Labute approximate surface area is 154 Å². The van der Waals surface area contributed by atoms with Gasteiger partial charge in [-0.05, 0) is 32.9 Å². The minimum absolute atomic E-state index is 0.0130. The van der Waals surface area contributed by atoms with Gasteiger partial charge in [0.05, 0.1) is 6.54 Å². The number of carbonyl (C=O) groups excluding carboxylic acids is 2. The highest BCUT2D eigenvalue weighted by Crippen LogP contribution is 2.24. The summed E-state index contributed by atoms with van der Waals surface area (Å²) in [6.07, 6.45) is -0.0380. The van der Waals surface area contributed by atoms with Gasteiger partial charge in [-0.25, -0.2) is 13.6 Å². The molecule has 1 aliphatic rings. The van der Waals surface area contributed by atoms with Gasteiger partial charge in [-0.15, -0.1) is 0 Å². The number of hydrogen-bond donors (Lipinski definition) is 2. The first kappa shape index (κ1) is 18.8. The molecular weight excluding hydrogens is 358 g/mol. The van der Waals surface area contributed by atoms with Gasteiger partial charge < -0.3 is 15.0 Å². The van der Waals surface area contributed by atoms with E-state index in [-0.39, 0.29) is 12.2 Å². The highest BCUT2D eigenvalue weighted by molar-refractivity contribution is 6.04. The van der Waals surface area contributed by atoms with Crippen molar-refractivity contribution in [3.63, 3.8) is 0 Å². The zero-order valence-corrected chi connectivity index (χ0v) is 15.2. The lowest BCUT2D eigenvalue weighted by molar-refractivity contribution is 0.0222. The third-order valence-electron chi connectivity index (χ3n) is 4.00. The van der Waals surface area contributed by atoms with E-state index in [9.17, 15) is 18.4 Å². The van der Waals surface area contributed by atoms with Gasteiger partial charge in [0, 0.05) is 24.2 Å². The molecule has 0 bridgehead atoms. The first-order valence-corrected chi connectivity index (χ1v) is 8.45. The van der Waals surface area contributed by atoms with Crippen LogP contribution in [0, 0.1) is 11.6 Å². The van der Waals surface area contributed by atoms with Crippen LogP contribution in [0.2, 0.25) is 0 Å². The molecule has 0 spiro atoms. The fourth-order valence-corrected chi connectivity index (χ4v) is 2.76. The molecule has 0 saturated heterocycles. The minimum Gasteiger partial charge on any atom is -0.444 e. The van der Waals surface area contributed by atoms with Crippen LogP contribution < -0.4 is 5.32 Å². The number of nitrogens with one attached hydrogen (secondary N) is 2. The van der Waals surface area contributed by atoms with Crippen LogP contribution in [0.1, 0.15) is 42.5 Å². The monoisotopic (exact) mass is 378 g/mol. The van der Waals surface area contributed by atoms with Gasteiger partial charge in [-0.1, -0.05) is 6.07 Å². The molecule has 0 unspecified atom stereocenters. The summed E-state index contributed by atoms with van der Waals surface area (Å²) in [5, 5.41) is 8.92. The quantitative estimate of drug-likeness (QED) is 0.840. The van der Waals surface area contributed by atoms with E-state index in [4.69, 9.17) is 4.74 Å². The van der Waals surface area contributed by atoms with E-state index >= 15 is 0 Å². The highest BCUT2D eigenvalue weighted by atomic mass is 19.1. The Balaban J connectivity index is 1.80. The summed E-state index contributed by atoms with van der Waals surface area (Å²) < 4.78 is 32.9. The number of rotatable bonds is 2. The largest absolute Gasteiger partial charge is 0.444 e. The summed E-state index contributed by atoms with van der Waals surface area (Å²) in [5.74, 6) is -2.53. The molecule has 7 nitrogen and oxygen atoms in total. The molecule has 0 radical (unpaired) electrons. The third-order valence-corrected chi connectivity index (χ3v) is 4.00. The van der Waals surface area contributed by atoms with Crippen LogP contribution in [0.3, 0.4) is 0 Å². The van der Waals surface area contributed by atoms with Gasteiger partial charge in [0.15, 0.2) is 5.69 Å². The number of nitrogens with zero attached hydrogens (tertiary/aromatic N) is 2. The number of fused-ring (bicyclic) bond motifs is 1. The number of amides is 2. The van der Waals surface area contributed by atoms with Gasteiger partial charge >= 0.3 is 6.09 Å². The second-order valence-electron chi connectivity index (χ2n) is 7.23. The first-order valence-electron chi connectivity index (χ1n) is 8.45. The van der Waals surface area contributed by atoms with E-state index in [1.54, 1.807) is 20.8 Å². The number of para-hydroxylation sites is 1. The summed E-state index contributed by atoms with van der Waals surface area (Å²) >= 11 is 0. The van der Waals surface area contributed by atoms with Crippen LogP contribution in [-0.2, 0) is 17.7 Å². The molecule has 9 heteroatoms.